The molecule has 0 amide bonds. The minimum atomic E-state index is 0.365. The predicted molar refractivity (Wildman–Crippen MR) is 67.9 cm³/mol. The SMILES string of the molecule is CNCc1cncn1C(C)c1ccc(C)s1. The second kappa shape index (κ2) is 4.80. The molecule has 86 valence electrons. The molecule has 2 aromatic heterocycles. The molecular weight excluding hydrogens is 218 g/mol. The van der Waals surface area contributed by atoms with Crippen molar-refractivity contribution in [1.82, 2.24) is 14.9 Å². The Bertz CT molecular complexity index is 458. The summed E-state index contributed by atoms with van der Waals surface area (Å²) < 4.78 is 2.22. The molecule has 0 bridgehead atoms. The molecule has 1 unspecified atom stereocenters. The first-order valence-corrected chi connectivity index (χ1v) is 6.25. The van der Waals surface area contributed by atoms with Gasteiger partial charge in [0.05, 0.1) is 18.1 Å². The molecular formula is C12H17N3S. The van der Waals surface area contributed by atoms with Gasteiger partial charge in [-0.3, -0.25) is 0 Å². The summed E-state index contributed by atoms with van der Waals surface area (Å²) in [6.07, 6.45) is 3.83. The summed E-state index contributed by atoms with van der Waals surface area (Å²) in [5, 5.41) is 3.16. The minimum Gasteiger partial charge on any atom is -0.325 e. The highest BCUT2D eigenvalue weighted by Gasteiger charge is 2.12. The van der Waals surface area contributed by atoms with Gasteiger partial charge < -0.3 is 9.88 Å². The molecule has 0 spiro atoms. The number of thiophene rings is 1. The summed E-state index contributed by atoms with van der Waals surface area (Å²) in [6.45, 7) is 5.21. The lowest BCUT2D eigenvalue weighted by Crippen LogP contribution is -2.13. The number of hydrogen-bond donors (Lipinski definition) is 1. The van der Waals surface area contributed by atoms with Gasteiger partial charge in [0.2, 0.25) is 0 Å². The van der Waals surface area contributed by atoms with E-state index in [4.69, 9.17) is 0 Å². The van der Waals surface area contributed by atoms with Gasteiger partial charge >= 0.3 is 0 Å². The molecule has 0 aliphatic rings. The number of imidazole rings is 1. The van der Waals surface area contributed by atoms with Crippen LogP contribution in [0.2, 0.25) is 0 Å². The maximum Gasteiger partial charge on any atom is 0.0954 e. The van der Waals surface area contributed by atoms with E-state index < -0.39 is 0 Å². The standard InChI is InChI=1S/C12H17N3S/c1-9-4-5-12(16-9)10(2)15-8-14-7-11(15)6-13-3/h4-5,7-8,10,13H,6H2,1-3H3. The lowest BCUT2D eigenvalue weighted by Gasteiger charge is -2.14. The van der Waals surface area contributed by atoms with Gasteiger partial charge in [-0.05, 0) is 33.0 Å². The van der Waals surface area contributed by atoms with Crippen molar-refractivity contribution in [2.24, 2.45) is 0 Å². The van der Waals surface area contributed by atoms with Crippen molar-refractivity contribution in [3.8, 4) is 0 Å². The maximum atomic E-state index is 4.22. The summed E-state index contributed by atoms with van der Waals surface area (Å²) >= 11 is 1.85. The third-order valence-electron chi connectivity index (χ3n) is 2.69. The van der Waals surface area contributed by atoms with E-state index in [0.717, 1.165) is 6.54 Å². The van der Waals surface area contributed by atoms with Gasteiger partial charge in [-0.25, -0.2) is 4.98 Å². The largest absolute Gasteiger partial charge is 0.325 e. The van der Waals surface area contributed by atoms with Crippen LogP contribution in [0.1, 0.15) is 28.4 Å². The van der Waals surface area contributed by atoms with Crippen LogP contribution in [0.4, 0.5) is 0 Å². The van der Waals surface area contributed by atoms with Crippen LogP contribution in [0, 0.1) is 6.92 Å². The first-order chi connectivity index (χ1) is 7.72. The Hall–Kier alpha value is -1.13. The quantitative estimate of drug-likeness (QED) is 0.882. The monoisotopic (exact) mass is 235 g/mol. The summed E-state index contributed by atoms with van der Waals surface area (Å²) in [5.41, 5.74) is 1.22. The van der Waals surface area contributed by atoms with E-state index in [1.807, 2.05) is 30.9 Å². The van der Waals surface area contributed by atoms with Crippen molar-refractivity contribution in [2.45, 2.75) is 26.4 Å². The van der Waals surface area contributed by atoms with E-state index in [1.54, 1.807) is 0 Å². The molecule has 0 aromatic carbocycles. The number of nitrogens with zero attached hydrogens (tertiary/aromatic N) is 2. The minimum absolute atomic E-state index is 0.365. The highest BCUT2D eigenvalue weighted by atomic mass is 32.1. The Morgan fingerprint density at radius 1 is 1.50 bits per heavy atom. The van der Waals surface area contributed by atoms with E-state index >= 15 is 0 Å². The van der Waals surface area contributed by atoms with Gasteiger partial charge in [0.15, 0.2) is 0 Å². The summed E-state index contributed by atoms with van der Waals surface area (Å²) in [7, 11) is 1.96. The van der Waals surface area contributed by atoms with Gasteiger partial charge in [-0.2, -0.15) is 0 Å². The molecule has 3 nitrogen and oxygen atoms in total. The Morgan fingerprint density at radius 2 is 2.31 bits per heavy atom. The van der Waals surface area contributed by atoms with Gasteiger partial charge in [0, 0.05) is 22.5 Å². The fourth-order valence-corrected chi connectivity index (χ4v) is 2.74. The molecule has 16 heavy (non-hydrogen) atoms. The van der Waals surface area contributed by atoms with Crippen molar-refractivity contribution in [3.05, 3.63) is 40.1 Å². The van der Waals surface area contributed by atoms with E-state index in [-0.39, 0.29) is 0 Å². The molecule has 0 radical (unpaired) electrons. The zero-order chi connectivity index (χ0) is 11.5. The second-order valence-electron chi connectivity index (χ2n) is 3.95. The maximum absolute atomic E-state index is 4.22. The molecule has 2 aromatic rings. The van der Waals surface area contributed by atoms with Crippen molar-refractivity contribution in [2.75, 3.05) is 7.05 Å². The van der Waals surface area contributed by atoms with Crippen molar-refractivity contribution < 1.29 is 0 Å². The first-order valence-electron chi connectivity index (χ1n) is 5.44. The molecule has 0 saturated heterocycles. The van der Waals surface area contributed by atoms with Crippen LogP contribution in [0.5, 0.6) is 0 Å². The summed E-state index contributed by atoms with van der Waals surface area (Å²) in [5.74, 6) is 0. The Balaban J connectivity index is 2.26. The molecule has 1 atom stereocenters. The van der Waals surface area contributed by atoms with Crippen LogP contribution < -0.4 is 5.32 Å². The van der Waals surface area contributed by atoms with Crippen LogP contribution in [0.3, 0.4) is 0 Å². The Kier molecular flexibility index (Phi) is 3.41. The van der Waals surface area contributed by atoms with E-state index in [0.29, 0.717) is 6.04 Å². The van der Waals surface area contributed by atoms with E-state index in [9.17, 15) is 0 Å². The van der Waals surface area contributed by atoms with Gasteiger partial charge in [0.1, 0.15) is 0 Å². The zero-order valence-electron chi connectivity index (χ0n) is 9.90. The van der Waals surface area contributed by atoms with Gasteiger partial charge in [-0.1, -0.05) is 0 Å². The Labute approximate surface area is 100 Å². The summed E-state index contributed by atoms with van der Waals surface area (Å²) in [4.78, 5) is 6.96. The summed E-state index contributed by atoms with van der Waals surface area (Å²) in [6, 6.07) is 4.74. The van der Waals surface area contributed by atoms with Gasteiger partial charge in [0.25, 0.3) is 0 Å². The number of aromatic nitrogens is 2. The molecule has 0 aliphatic carbocycles. The fourth-order valence-electron chi connectivity index (χ4n) is 1.81. The fraction of sp³-hybridized carbons (Fsp3) is 0.417. The number of aryl methyl sites for hydroxylation is 1. The number of rotatable bonds is 4. The van der Waals surface area contributed by atoms with Crippen LogP contribution in [-0.2, 0) is 6.54 Å². The molecule has 4 heteroatoms. The van der Waals surface area contributed by atoms with Crippen LogP contribution in [0.25, 0.3) is 0 Å². The van der Waals surface area contributed by atoms with E-state index in [2.05, 4.69) is 40.8 Å². The first kappa shape index (κ1) is 11.4. The number of nitrogens with one attached hydrogen (secondary N) is 1. The predicted octanol–water partition coefficient (Wildman–Crippen LogP) is 2.58. The highest BCUT2D eigenvalue weighted by Crippen LogP contribution is 2.26. The van der Waals surface area contributed by atoms with E-state index in [1.165, 1.54) is 15.4 Å². The Morgan fingerprint density at radius 3 is 2.94 bits per heavy atom. The van der Waals surface area contributed by atoms with Crippen molar-refractivity contribution >= 4 is 11.3 Å². The van der Waals surface area contributed by atoms with Crippen molar-refractivity contribution in [1.29, 1.82) is 0 Å². The van der Waals surface area contributed by atoms with Crippen LogP contribution in [0.15, 0.2) is 24.7 Å². The third-order valence-corrected chi connectivity index (χ3v) is 3.87. The molecule has 2 heterocycles. The molecule has 0 saturated carbocycles. The highest BCUT2D eigenvalue weighted by molar-refractivity contribution is 7.12. The van der Waals surface area contributed by atoms with Crippen molar-refractivity contribution in [3.63, 3.8) is 0 Å². The number of hydrogen-bond acceptors (Lipinski definition) is 3. The third kappa shape index (κ3) is 2.18. The molecule has 0 aliphatic heterocycles. The zero-order valence-corrected chi connectivity index (χ0v) is 10.7. The van der Waals surface area contributed by atoms with Crippen LogP contribution >= 0.6 is 11.3 Å². The normalized spacial score (nSPS) is 12.9. The molecule has 0 fully saturated rings. The topological polar surface area (TPSA) is 29.9 Å². The molecule has 2 rings (SSSR count). The smallest absolute Gasteiger partial charge is 0.0954 e. The average molecular weight is 235 g/mol. The molecule has 1 N–H and O–H groups in total. The van der Waals surface area contributed by atoms with Crippen LogP contribution in [-0.4, -0.2) is 16.6 Å². The average Bonchev–Trinajstić information content (AvgIpc) is 2.87. The second-order valence-corrected chi connectivity index (χ2v) is 5.27. The lowest BCUT2D eigenvalue weighted by atomic mass is 10.2. The van der Waals surface area contributed by atoms with Gasteiger partial charge in [-0.15, -0.1) is 11.3 Å². The lowest BCUT2D eigenvalue weighted by molar-refractivity contribution is 0.601.